The Balaban J connectivity index is 2.02. The summed E-state index contributed by atoms with van der Waals surface area (Å²) in [5.74, 6) is -2.69. The predicted octanol–water partition coefficient (Wildman–Crippen LogP) is 0.970. The summed E-state index contributed by atoms with van der Waals surface area (Å²) in [5, 5.41) is 0. The van der Waals surface area contributed by atoms with Gasteiger partial charge in [0.05, 0.1) is 0 Å². The van der Waals surface area contributed by atoms with Crippen LogP contribution in [0.25, 0.3) is 0 Å². The minimum absolute atomic E-state index is 0.0431. The van der Waals surface area contributed by atoms with Crippen LogP contribution in [0, 0.1) is 5.82 Å². The first-order valence-corrected chi connectivity index (χ1v) is 9.53. The lowest BCUT2D eigenvalue weighted by molar-refractivity contribution is -0.152. The van der Waals surface area contributed by atoms with Crippen molar-refractivity contribution in [1.29, 1.82) is 0 Å². The molecule has 142 valence electrons. The lowest BCUT2D eigenvalue weighted by Gasteiger charge is -2.34. The SMILES string of the molecule is NC(=O)COC(=O)C1Cc2ccccc2CN1S(=O)(=O)c1ccccc1F. The number of amides is 1. The number of rotatable bonds is 5. The van der Waals surface area contributed by atoms with E-state index in [2.05, 4.69) is 0 Å². The lowest BCUT2D eigenvalue weighted by Crippen LogP contribution is -2.49. The summed E-state index contributed by atoms with van der Waals surface area (Å²) in [6, 6.07) is 10.7. The molecule has 0 aliphatic carbocycles. The molecule has 1 heterocycles. The van der Waals surface area contributed by atoms with Crippen LogP contribution in [-0.2, 0) is 37.3 Å². The van der Waals surface area contributed by atoms with E-state index < -0.39 is 45.3 Å². The number of carbonyl (C=O) groups is 2. The first-order valence-electron chi connectivity index (χ1n) is 8.09. The van der Waals surface area contributed by atoms with E-state index in [4.69, 9.17) is 10.5 Å². The van der Waals surface area contributed by atoms with Crippen LogP contribution in [-0.4, -0.2) is 37.2 Å². The van der Waals surface area contributed by atoms with Gasteiger partial charge in [0.2, 0.25) is 10.0 Å². The third kappa shape index (κ3) is 3.83. The second-order valence-corrected chi connectivity index (χ2v) is 7.90. The Kier molecular flexibility index (Phi) is 5.24. The molecule has 1 aliphatic heterocycles. The average molecular weight is 392 g/mol. The summed E-state index contributed by atoms with van der Waals surface area (Å²) in [5.41, 5.74) is 6.46. The van der Waals surface area contributed by atoms with Gasteiger partial charge in [-0.2, -0.15) is 4.31 Å². The Labute approximate surface area is 155 Å². The summed E-state index contributed by atoms with van der Waals surface area (Å²) >= 11 is 0. The summed E-state index contributed by atoms with van der Waals surface area (Å²) in [7, 11) is -4.33. The number of ether oxygens (including phenoxy) is 1. The average Bonchev–Trinajstić information content (AvgIpc) is 2.65. The molecular formula is C18H17FN2O5S. The summed E-state index contributed by atoms with van der Waals surface area (Å²) in [6.07, 6.45) is 0.0431. The number of halogens is 1. The molecule has 0 bridgehead atoms. The number of benzene rings is 2. The van der Waals surface area contributed by atoms with Crippen molar-refractivity contribution in [3.63, 3.8) is 0 Å². The molecule has 1 unspecified atom stereocenters. The van der Waals surface area contributed by atoms with Crippen molar-refractivity contribution in [3.8, 4) is 0 Å². The van der Waals surface area contributed by atoms with Crippen LogP contribution in [0.1, 0.15) is 11.1 Å². The van der Waals surface area contributed by atoms with Gasteiger partial charge in [0.1, 0.15) is 16.8 Å². The van der Waals surface area contributed by atoms with Crippen LogP contribution in [0.2, 0.25) is 0 Å². The van der Waals surface area contributed by atoms with E-state index in [-0.39, 0.29) is 13.0 Å². The van der Waals surface area contributed by atoms with E-state index in [1.54, 1.807) is 24.3 Å². The molecule has 2 N–H and O–H groups in total. The fraction of sp³-hybridized carbons (Fsp3) is 0.222. The van der Waals surface area contributed by atoms with Crippen LogP contribution in [0.15, 0.2) is 53.4 Å². The number of hydrogen-bond donors (Lipinski definition) is 1. The zero-order valence-electron chi connectivity index (χ0n) is 14.2. The molecule has 0 aromatic heterocycles. The summed E-state index contributed by atoms with van der Waals surface area (Å²) in [4.78, 5) is 22.8. The number of sulfonamides is 1. The quantitative estimate of drug-likeness (QED) is 0.763. The van der Waals surface area contributed by atoms with Gasteiger partial charge < -0.3 is 10.5 Å². The fourth-order valence-electron chi connectivity index (χ4n) is 2.97. The van der Waals surface area contributed by atoms with Crippen molar-refractivity contribution in [1.82, 2.24) is 4.31 Å². The van der Waals surface area contributed by atoms with E-state index in [1.807, 2.05) is 0 Å². The topological polar surface area (TPSA) is 107 Å². The van der Waals surface area contributed by atoms with Gasteiger partial charge in [-0.1, -0.05) is 36.4 Å². The van der Waals surface area contributed by atoms with E-state index in [0.717, 1.165) is 22.0 Å². The van der Waals surface area contributed by atoms with E-state index in [1.165, 1.54) is 12.1 Å². The molecule has 1 amide bonds. The van der Waals surface area contributed by atoms with E-state index in [9.17, 15) is 22.4 Å². The van der Waals surface area contributed by atoms with Crippen LogP contribution >= 0.6 is 0 Å². The number of esters is 1. The van der Waals surface area contributed by atoms with Gasteiger partial charge >= 0.3 is 5.97 Å². The molecule has 1 atom stereocenters. The highest BCUT2D eigenvalue weighted by Crippen LogP contribution is 2.30. The molecule has 1 aliphatic rings. The number of nitrogens with two attached hydrogens (primary N) is 1. The molecule has 7 nitrogen and oxygen atoms in total. The normalized spacial score (nSPS) is 17.1. The first kappa shape index (κ1) is 19.0. The van der Waals surface area contributed by atoms with Crippen LogP contribution in [0.4, 0.5) is 4.39 Å². The molecule has 2 aromatic carbocycles. The maximum atomic E-state index is 14.1. The van der Waals surface area contributed by atoms with Gasteiger partial charge in [-0.05, 0) is 23.3 Å². The van der Waals surface area contributed by atoms with Gasteiger partial charge in [0, 0.05) is 13.0 Å². The van der Waals surface area contributed by atoms with Crippen molar-refractivity contribution < 1.29 is 27.1 Å². The molecule has 2 aromatic rings. The molecule has 0 radical (unpaired) electrons. The fourth-order valence-corrected chi connectivity index (χ4v) is 4.59. The molecular weight excluding hydrogens is 375 g/mol. The van der Waals surface area contributed by atoms with E-state index >= 15 is 0 Å². The Morgan fingerprint density at radius 3 is 2.41 bits per heavy atom. The second-order valence-electron chi connectivity index (χ2n) is 6.04. The number of nitrogens with zero attached hydrogens (tertiary/aromatic N) is 1. The minimum atomic E-state index is -4.33. The highest BCUT2D eigenvalue weighted by Gasteiger charge is 2.41. The third-order valence-corrected chi connectivity index (χ3v) is 6.15. The maximum absolute atomic E-state index is 14.1. The minimum Gasteiger partial charge on any atom is -0.454 e. The number of hydrogen-bond acceptors (Lipinski definition) is 5. The van der Waals surface area contributed by atoms with Gasteiger partial charge in [-0.25, -0.2) is 12.8 Å². The number of primary amides is 1. The molecule has 0 saturated heterocycles. The Bertz CT molecular complexity index is 993. The van der Waals surface area contributed by atoms with Crippen LogP contribution < -0.4 is 5.73 Å². The zero-order chi connectivity index (χ0) is 19.6. The number of carbonyl (C=O) groups excluding carboxylic acids is 2. The van der Waals surface area contributed by atoms with Crippen molar-refractivity contribution in [2.45, 2.75) is 23.9 Å². The van der Waals surface area contributed by atoms with Crippen molar-refractivity contribution in [2.24, 2.45) is 5.73 Å². The second kappa shape index (κ2) is 7.45. The largest absolute Gasteiger partial charge is 0.454 e. The summed E-state index contributed by atoms with van der Waals surface area (Å²) < 4.78 is 46.0. The first-order chi connectivity index (χ1) is 12.8. The van der Waals surface area contributed by atoms with Crippen LogP contribution in [0.5, 0.6) is 0 Å². The summed E-state index contributed by atoms with van der Waals surface area (Å²) in [6.45, 7) is -0.784. The van der Waals surface area contributed by atoms with Gasteiger partial charge in [-0.15, -0.1) is 0 Å². The Morgan fingerprint density at radius 2 is 1.74 bits per heavy atom. The molecule has 0 saturated carbocycles. The Morgan fingerprint density at radius 1 is 1.11 bits per heavy atom. The molecule has 3 rings (SSSR count). The molecule has 9 heteroatoms. The highest BCUT2D eigenvalue weighted by molar-refractivity contribution is 7.89. The van der Waals surface area contributed by atoms with E-state index in [0.29, 0.717) is 5.56 Å². The van der Waals surface area contributed by atoms with Crippen LogP contribution in [0.3, 0.4) is 0 Å². The maximum Gasteiger partial charge on any atom is 0.325 e. The molecule has 0 spiro atoms. The van der Waals surface area contributed by atoms with Gasteiger partial charge in [0.15, 0.2) is 6.61 Å². The van der Waals surface area contributed by atoms with Crippen molar-refractivity contribution in [3.05, 3.63) is 65.5 Å². The molecule has 0 fully saturated rings. The Hall–Kier alpha value is -2.78. The molecule has 27 heavy (non-hydrogen) atoms. The highest BCUT2D eigenvalue weighted by atomic mass is 32.2. The zero-order valence-corrected chi connectivity index (χ0v) is 15.0. The smallest absolute Gasteiger partial charge is 0.325 e. The predicted molar refractivity (Wildman–Crippen MR) is 93.2 cm³/mol. The van der Waals surface area contributed by atoms with Crippen molar-refractivity contribution >= 4 is 21.9 Å². The standard InChI is InChI=1S/C18H17FN2O5S/c19-14-7-3-4-8-16(14)27(24,25)21-10-13-6-2-1-5-12(13)9-15(21)18(23)26-11-17(20)22/h1-8,15H,9-11H2,(H2,20,22). The van der Waals surface area contributed by atoms with Gasteiger partial charge in [-0.3, -0.25) is 9.59 Å². The monoisotopic (exact) mass is 392 g/mol. The third-order valence-electron chi connectivity index (χ3n) is 4.26. The van der Waals surface area contributed by atoms with Crippen molar-refractivity contribution in [2.75, 3.05) is 6.61 Å². The van der Waals surface area contributed by atoms with Gasteiger partial charge in [0.25, 0.3) is 5.91 Å². The lowest BCUT2D eigenvalue weighted by atomic mass is 9.96. The number of fused-ring (bicyclic) bond motifs is 1.